The molecule has 1 atom stereocenters. The van der Waals surface area contributed by atoms with E-state index in [0.29, 0.717) is 0 Å². The summed E-state index contributed by atoms with van der Waals surface area (Å²) in [6.45, 7) is 4.91. The van der Waals surface area contributed by atoms with Gasteiger partial charge in [0.25, 0.3) is 0 Å². The van der Waals surface area contributed by atoms with Crippen LogP contribution in [0.2, 0.25) is 0 Å². The van der Waals surface area contributed by atoms with E-state index in [-0.39, 0.29) is 6.04 Å². The van der Waals surface area contributed by atoms with Crippen LogP contribution in [-0.2, 0) is 6.54 Å². The van der Waals surface area contributed by atoms with Gasteiger partial charge in [-0.15, -0.1) is 0 Å². The topological polar surface area (TPSA) is 56.7 Å². The Morgan fingerprint density at radius 2 is 2.19 bits per heavy atom. The van der Waals surface area contributed by atoms with Gasteiger partial charge >= 0.3 is 0 Å². The first-order chi connectivity index (χ1) is 7.72. The minimum atomic E-state index is -0.206. The molecular formula is C12H16N4. The number of hydrogen-bond donors (Lipinski definition) is 1. The van der Waals surface area contributed by atoms with Crippen molar-refractivity contribution < 1.29 is 0 Å². The van der Waals surface area contributed by atoms with Gasteiger partial charge in [0.1, 0.15) is 5.82 Å². The maximum atomic E-state index is 6.16. The molecule has 1 unspecified atom stereocenters. The molecule has 2 heterocycles. The highest BCUT2D eigenvalue weighted by Gasteiger charge is 2.13. The molecule has 2 aromatic heterocycles. The maximum Gasteiger partial charge on any atom is 0.130 e. The fourth-order valence-corrected chi connectivity index (χ4v) is 1.68. The van der Waals surface area contributed by atoms with E-state index in [0.717, 1.165) is 23.6 Å². The number of hydrogen-bond acceptors (Lipinski definition) is 3. The Morgan fingerprint density at radius 3 is 2.81 bits per heavy atom. The van der Waals surface area contributed by atoms with Crippen LogP contribution in [0.15, 0.2) is 30.7 Å². The molecular weight excluding hydrogens is 200 g/mol. The quantitative estimate of drug-likeness (QED) is 0.848. The first kappa shape index (κ1) is 10.8. The fraction of sp³-hybridized carbons (Fsp3) is 0.333. The molecule has 0 aliphatic heterocycles. The van der Waals surface area contributed by atoms with Crippen molar-refractivity contribution >= 4 is 0 Å². The monoisotopic (exact) mass is 216 g/mol. The number of aryl methyl sites for hydroxylation is 2. The molecule has 2 rings (SSSR count). The molecule has 0 fully saturated rings. The molecule has 0 saturated carbocycles. The van der Waals surface area contributed by atoms with Gasteiger partial charge in [-0.2, -0.15) is 0 Å². The van der Waals surface area contributed by atoms with E-state index in [1.807, 2.05) is 36.0 Å². The van der Waals surface area contributed by atoms with E-state index in [2.05, 4.69) is 16.9 Å². The predicted molar refractivity (Wildman–Crippen MR) is 62.9 cm³/mol. The van der Waals surface area contributed by atoms with Crippen LogP contribution in [0.1, 0.15) is 30.0 Å². The van der Waals surface area contributed by atoms with Crippen molar-refractivity contribution in [3.8, 4) is 0 Å². The highest BCUT2D eigenvalue weighted by atomic mass is 15.1. The van der Waals surface area contributed by atoms with Crippen LogP contribution in [-0.4, -0.2) is 14.5 Å². The van der Waals surface area contributed by atoms with Crippen LogP contribution in [0.3, 0.4) is 0 Å². The van der Waals surface area contributed by atoms with Crippen molar-refractivity contribution in [1.29, 1.82) is 0 Å². The van der Waals surface area contributed by atoms with E-state index in [1.54, 1.807) is 6.20 Å². The zero-order valence-corrected chi connectivity index (χ0v) is 9.59. The summed E-state index contributed by atoms with van der Waals surface area (Å²) in [7, 11) is 0. The Bertz CT molecular complexity index is 458. The average molecular weight is 216 g/mol. The standard InChI is InChI=1S/C12H16N4/c1-3-16-7-6-14-12(16)11(13)10-5-4-9(2)15-8-10/h4-8,11H,3,13H2,1-2H3. The number of pyridine rings is 1. The van der Waals surface area contributed by atoms with Crippen LogP contribution in [0.25, 0.3) is 0 Å². The predicted octanol–water partition coefficient (Wildman–Crippen LogP) is 1.65. The van der Waals surface area contributed by atoms with Gasteiger partial charge < -0.3 is 10.3 Å². The van der Waals surface area contributed by atoms with Crippen LogP contribution < -0.4 is 5.73 Å². The van der Waals surface area contributed by atoms with E-state index < -0.39 is 0 Å². The van der Waals surface area contributed by atoms with Gasteiger partial charge in [-0.25, -0.2) is 4.98 Å². The third-order valence-electron chi connectivity index (χ3n) is 2.66. The van der Waals surface area contributed by atoms with E-state index >= 15 is 0 Å². The Labute approximate surface area is 95.1 Å². The highest BCUT2D eigenvalue weighted by molar-refractivity contribution is 5.23. The first-order valence-corrected chi connectivity index (χ1v) is 5.41. The molecule has 4 heteroatoms. The molecule has 0 aliphatic rings. The second kappa shape index (κ2) is 4.45. The van der Waals surface area contributed by atoms with Gasteiger partial charge in [0, 0.05) is 30.8 Å². The van der Waals surface area contributed by atoms with Crippen molar-refractivity contribution in [2.24, 2.45) is 5.73 Å². The number of nitrogens with two attached hydrogens (primary N) is 1. The number of rotatable bonds is 3. The average Bonchev–Trinajstić information content (AvgIpc) is 2.77. The molecule has 0 spiro atoms. The number of aromatic nitrogens is 3. The Hall–Kier alpha value is -1.68. The van der Waals surface area contributed by atoms with Crippen molar-refractivity contribution in [2.75, 3.05) is 0 Å². The minimum absolute atomic E-state index is 0.206. The van der Waals surface area contributed by atoms with Crippen molar-refractivity contribution in [3.05, 3.63) is 47.8 Å². The summed E-state index contributed by atoms with van der Waals surface area (Å²) in [6, 6.07) is 3.76. The second-order valence-corrected chi connectivity index (χ2v) is 3.78. The normalized spacial score (nSPS) is 12.7. The zero-order valence-electron chi connectivity index (χ0n) is 9.59. The lowest BCUT2D eigenvalue weighted by molar-refractivity contribution is 0.655. The fourth-order valence-electron chi connectivity index (χ4n) is 1.68. The van der Waals surface area contributed by atoms with Crippen LogP contribution in [0.5, 0.6) is 0 Å². The molecule has 0 bridgehead atoms. The lowest BCUT2D eigenvalue weighted by Crippen LogP contribution is -2.17. The van der Waals surface area contributed by atoms with E-state index in [1.165, 1.54) is 0 Å². The second-order valence-electron chi connectivity index (χ2n) is 3.78. The highest BCUT2D eigenvalue weighted by Crippen LogP contribution is 2.17. The van der Waals surface area contributed by atoms with Crippen molar-refractivity contribution in [3.63, 3.8) is 0 Å². The van der Waals surface area contributed by atoms with Gasteiger partial charge in [-0.1, -0.05) is 6.07 Å². The summed E-state index contributed by atoms with van der Waals surface area (Å²) in [5.41, 5.74) is 8.15. The summed E-state index contributed by atoms with van der Waals surface area (Å²) in [5, 5.41) is 0. The number of imidazole rings is 1. The molecule has 0 saturated heterocycles. The van der Waals surface area contributed by atoms with Gasteiger partial charge in [-0.3, -0.25) is 4.98 Å². The Kier molecular flexibility index (Phi) is 3.01. The Morgan fingerprint density at radius 1 is 1.38 bits per heavy atom. The summed E-state index contributed by atoms with van der Waals surface area (Å²) >= 11 is 0. The molecule has 2 N–H and O–H groups in total. The maximum absolute atomic E-state index is 6.16. The molecule has 4 nitrogen and oxygen atoms in total. The molecule has 0 aromatic carbocycles. The van der Waals surface area contributed by atoms with Crippen molar-refractivity contribution in [1.82, 2.24) is 14.5 Å². The summed E-state index contributed by atoms with van der Waals surface area (Å²) in [5.74, 6) is 0.883. The van der Waals surface area contributed by atoms with Gasteiger partial charge in [0.15, 0.2) is 0 Å². The third kappa shape index (κ3) is 1.97. The largest absolute Gasteiger partial charge is 0.334 e. The van der Waals surface area contributed by atoms with Crippen molar-refractivity contribution in [2.45, 2.75) is 26.4 Å². The van der Waals surface area contributed by atoms with Gasteiger partial charge in [-0.05, 0) is 25.5 Å². The molecule has 2 aromatic rings. The molecule has 84 valence electrons. The smallest absolute Gasteiger partial charge is 0.130 e. The van der Waals surface area contributed by atoms with E-state index in [9.17, 15) is 0 Å². The van der Waals surface area contributed by atoms with Gasteiger partial charge in [0.05, 0.1) is 6.04 Å². The Balaban J connectivity index is 2.31. The molecule has 0 aliphatic carbocycles. The summed E-state index contributed by atoms with van der Waals surface area (Å²) < 4.78 is 2.05. The lowest BCUT2D eigenvalue weighted by atomic mass is 10.1. The minimum Gasteiger partial charge on any atom is -0.334 e. The van der Waals surface area contributed by atoms with E-state index in [4.69, 9.17) is 5.73 Å². The lowest BCUT2D eigenvalue weighted by Gasteiger charge is -2.13. The number of nitrogens with zero attached hydrogens (tertiary/aromatic N) is 3. The van der Waals surface area contributed by atoms with Gasteiger partial charge in [0.2, 0.25) is 0 Å². The third-order valence-corrected chi connectivity index (χ3v) is 2.66. The summed E-state index contributed by atoms with van der Waals surface area (Å²) in [6.07, 6.45) is 5.53. The first-order valence-electron chi connectivity index (χ1n) is 5.41. The molecule has 16 heavy (non-hydrogen) atoms. The summed E-state index contributed by atoms with van der Waals surface area (Å²) in [4.78, 5) is 8.54. The molecule has 0 amide bonds. The van der Waals surface area contributed by atoms with Crippen LogP contribution in [0.4, 0.5) is 0 Å². The molecule has 0 radical (unpaired) electrons. The van der Waals surface area contributed by atoms with Crippen LogP contribution in [0, 0.1) is 6.92 Å². The zero-order chi connectivity index (χ0) is 11.5. The SMILES string of the molecule is CCn1ccnc1C(N)c1ccc(C)nc1. The van der Waals surface area contributed by atoms with Crippen LogP contribution >= 0.6 is 0 Å².